The molecule has 0 saturated carbocycles. The number of alkyl halides is 3. The van der Waals surface area contributed by atoms with E-state index >= 15 is 0 Å². The van der Waals surface area contributed by atoms with E-state index in [1.165, 1.54) is 23.2 Å². The van der Waals surface area contributed by atoms with E-state index in [4.69, 9.17) is 4.74 Å². The summed E-state index contributed by atoms with van der Waals surface area (Å²) in [5, 5.41) is 9.19. The summed E-state index contributed by atoms with van der Waals surface area (Å²) < 4.78 is 41.9. The lowest BCUT2D eigenvalue weighted by Crippen LogP contribution is -2.49. The van der Waals surface area contributed by atoms with Gasteiger partial charge in [0.2, 0.25) is 5.88 Å². The maximum absolute atomic E-state index is 12.7. The molecule has 1 amide bonds. The first-order valence-corrected chi connectivity index (χ1v) is 8.43. The zero-order chi connectivity index (χ0) is 20.1. The number of halogens is 3. The second-order valence-electron chi connectivity index (χ2n) is 6.03. The summed E-state index contributed by atoms with van der Waals surface area (Å²) in [4.78, 5) is 24.1. The molecule has 0 atom stereocenters. The maximum Gasteiger partial charge on any atom is 0.422 e. The van der Waals surface area contributed by atoms with E-state index in [-0.39, 0.29) is 11.4 Å². The van der Waals surface area contributed by atoms with Crippen LogP contribution in [0.5, 0.6) is 5.88 Å². The number of carbonyl (C=O) groups is 1. The van der Waals surface area contributed by atoms with Crippen LogP contribution >= 0.6 is 0 Å². The van der Waals surface area contributed by atoms with Gasteiger partial charge in [-0.1, -0.05) is 0 Å². The van der Waals surface area contributed by atoms with E-state index in [1.807, 2.05) is 4.90 Å². The van der Waals surface area contributed by atoms with Gasteiger partial charge in [0.25, 0.3) is 5.91 Å². The zero-order valence-corrected chi connectivity index (χ0v) is 14.7. The summed E-state index contributed by atoms with van der Waals surface area (Å²) in [5.74, 6) is -0.247. The van der Waals surface area contributed by atoms with Crippen LogP contribution < -0.4 is 9.64 Å². The number of pyridine rings is 2. The highest BCUT2D eigenvalue weighted by molar-refractivity contribution is 5.96. The molecule has 1 aliphatic rings. The predicted molar refractivity (Wildman–Crippen MR) is 92.9 cm³/mol. The van der Waals surface area contributed by atoms with Crippen LogP contribution in [0.4, 0.5) is 19.0 Å². The highest BCUT2D eigenvalue weighted by atomic mass is 19.4. The molecule has 146 valence electrons. The van der Waals surface area contributed by atoms with Gasteiger partial charge in [-0.25, -0.2) is 9.97 Å². The molecule has 0 N–H and O–H groups in total. The fourth-order valence-corrected chi connectivity index (χ4v) is 2.85. The van der Waals surface area contributed by atoms with Gasteiger partial charge < -0.3 is 14.5 Å². The minimum Gasteiger partial charge on any atom is -0.467 e. The molecule has 0 aromatic carbocycles. The van der Waals surface area contributed by atoms with Crippen molar-refractivity contribution in [3.05, 3.63) is 47.8 Å². The fourth-order valence-electron chi connectivity index (χ4n) is 2.85. The summed E-state index contributed by atoms with van der Waals surface area (Å²) in [6.07, 6.45) is -1.66. The molecule has 1 aliphatic heterocycles. The Morgan fingerprint density at radius 3 is 2.50 bits per heavy atom. The number of piperazine rings is 1. The Morgan fingerprint density at radius 2 is 1.82 bits per heavy atom. The lowest BCUT2D eigenvalue weighted by molar-refractivity contribution is -0.154. The van der Waals surface area contributed by atoms with E-state index in [2.05, 4.69) is 16.0 Å². The van der Waals surface area contributed by atoms with Crippen LogP contribution in [-0.4, -0.2) is 59.7 Å². The Labute approximate surface area is 159 Å². The van der Waals surface area contributed by atoms with Crippen molar-refractivity contribution in [2.45, 2.75) is 6.18 Å². The van der Waals surface area contributed by atoms with Crippen LogP contribution in [0, 0.1) is 11.3 Å². The molecule has 3 rings (SSSR count). The average molecular weight is 391 g/mol. The molecule has 1 saturated heterocycles. The first-order chi connectivity index (χ1) is 13.4. The number of hydrogen-bond acceptors (Lipinski definition) is 6. The van der Waals surface area contributed by atoms with Crippen LogP contribution in [0.15, 0.2) is 36.7 Å². The molecule has 0 bridgehead atoms. The maximum atomic E-state index is 12.7. The number of hydrogen-bond donors (Lipinski definition) is 0. The topological polar surface area (TPSA) is 82.4 Å². The molecular formula is C18H16F3N5O2. The number of anilines is 1. The van der Waals surface area contributed by atoms with Crippen molar-refractivity contribution in [1.82, 2.24) is 14.9 Å². The molecule has 0 unspecified atom stereocenters. The Balaban J connectivity index is 1.68. The van der Waals surface area contributed by atoms with Crippen molar-refractivity contribution < 1.29 is 22.7 Å². The smallest absolute Gasteiger partial charge is 0.422 e. The molecule has 0 spiro atoms. The molecule has 28 heavy (non-hydrogen) atoms. The molecule has 1 fully saturated rings. The average Bonchev–Trinajstić information content (AvgIpc) is 2.71. The Bertz CT molecular complexity index is 889. The lowest BCUT2D eigenvalue weighted by Gasteiger charge is -2.35. The van der Waals surface area contributed by atoms with Gasteiger partial charge >= 0.3 is 6.18 Å². The van der Waals surface area contributed by atoms with Crippen LogP contribution in [0.2, 0.25) is 0 Å². The Kier molecular flexibility index (Phi) is 5.63. The highest BCUT2D eigenvalue weighted by Gasteiger charge is 2.31. The van der Waals surface area contributed by atoms with Gasteiger partial charge in [-0.2, -0.15) is 18.4 Å². The number of nitriles is 1. The van der Waals surface area contributed by atoms with E-state index in [1.54, 1.807) is 18.3 Å². The van der Waals surface area contributed by atoms with Crippen LogP contribution in [0.25, 0.3) is 0 Å². The van der Waals surface area contributed by atoms with Gasteiger partial charge in [0.1, 0.15) is 17.5 Å². The van der Waals surface area contributed by atoms with Crippen LogP contribution in [-0.2, 0) is 0 Å². The third kappa shape index (κ3) is 4.49. The third-order valence-corrected chi connectivity index (χ3v) is 4.15. The number of aromatic nitrogens is 2. The molecule has 0 radical (unpaired) electrons. The SMILES string of the molecule is N#Cc1cccnc1N1CCN(C(=O)c2cccnc2OCC(F)(F)F)CC1. The second-order valence-corrected chi connectivity index (χ2v) is 6.03. The second kappa shape index (κ2) is 8.12. The largest absolute Gasteiger partial charge is 0.467 e. The van der Waals surface area contributed by atoms with Crippen molar-refractivity contribution in [3.63, 3.8) is 0 Å². The first kappa shape index (κ1) is 19.4. The Hall–Kier alpha value is -3.35. The van der Waals surface area contributed by atoms with Crippen LogP contribution in [0.3, 0.4) is 0 Å². The van der Waals surface area contributed by atoms with Gasteiger partial charge in [0, 0.05) is 38.6 Å². The van der Waals surface area contributed by atoms with Gasteiger partial charge in [-0.3, -0.25) is 4.79 Å². The van der Waals surface area contributed by atoms with E-state index in [9.17, 15) is 23.2 Å². The summed E-state index contributed by atoms with van der Waals surface area (Å²) in [6.45, 7) is 0.0172. The van der Waals surface area contributed by atoms with Crippen LogP contribution in [0.1, 0.15) is 15.9 Å². The van der Waals surface area contributed by atoms with Crippen molar-refractivity contribution in [2.24, 2.45) is 0 Å². The quantitative estimate of drug-likeness (QED) is 0.795. The van der Waals surface area contributed by atoms with Crippen molar-refractivity contribution in [2.75, 3.05) is 37.7 Å². The number of nitrogens with zero attached hydrogens (tertiary/aromatic N) is 5. The third-order valence-electron chi connectivity index (χ3n) is 4.15. The minimum atomic E-state index is -4.52. The van der Waals surface area contributed by atoms with Crippen molar-refractivity contribution in [3.8, 4) is 11.9 Å². The van der Waals surface area contributed by atoms with Crippen molar-refractivity contribution in [1.29, 1.82) is 5.26 Å². The fraction of sp³-hybridized carbons (Fsp3) is 0.333. The lowest BCUT2D eigenvalue weighted by atomic mass is 10.2. The van der Waals surface area contributed by atoms with Crippen molar-refractivity contribution >= 4 is 11.7 Å². The molecule has 10 heteroatoms. The normalized spacial score (nSPS) is 14.5. The molecule has 7 nitrogen and oxygen atoms in total. The summed E-state index contributed by atoms with van der Waals surface area (Å²) in [5.41, 5.74) is 0.424. The van der Waals surface area contributed by atoms with Gasteiger partial charge in [0.15, 0.2) is 6.61 Å². The first-order valence-electron chi connectivity index (χ1n) is 8.43. The van der Waals surface area contributed by atoms with E-state index in [0.717, 1.165) is 0 Å². The van der Waals surface area contributed by atoms with E-state index in [0.29, 0.717) is 37.6 Å². The summed E-state index contributed by atoms with van der Waals surface area (Å²) in [6, 6.07) is 8.28. The van der Waals surface area contributed by atoms with Gasteiger partial charge in [0.05, 0.1) is 5.56 Å². The number of ether oxygens (including phenoxy) is 1. The molecule has 0 aliphatic carbocycles. The minimum absolute atomic E-state index is 0.0178. The molecule has 2 aromatic rings. The predicted octanol–water partition coefficient (Wildman–Crippen LogP) is 2.25. The molecular weight excluding hydrogens is 375 g/mol. The monoisotopic (exact) mass is 391 g/mol. The summed E-state index contributed by atoms with van der Waals surface area (Å²) in [7, 11) is 0. The van der Waals surface area contributed by atoms with Gasteiger partial charge in [-0.15, -0.1) is 0 Å². The highest BCUT2D eigenvalue weighted by Crippen LogP contribution is 2.23. The van der Waals surface area contributed by atoms with E-state index < -0.39 is 18.7 Å². The number of carbonyl (C=O) groups excluding carboxylic acids is 1. The standard InChI is InChI=1S/C18H16F3N5O2/c19-18(20,21)12-28-16-14(4-2-6-24-16)17(27)26-9-7-25(8-10-26)15-13(11-22)3-1-5-23-15/h1-6H,7-10,12H2. The van der Waals surface area contributed by atoms with Gasteiger partial charge in [-0.05, 0) is 24.3 Å². The zero-order valence-electron chi connectivity index (χ0n) is 14.7. The number of amides is 1. The number of rotatable bonds is 4. The molecule has 3 heterocycles. The Morgan fingerprint density at radius 1 is 1.14 bits per heavy atom. The summed E-state index contributed by atoms with van der Waals surface area (Å²) >= 11 is 0. The molecule has 2 aromatic heterocycles.